The molecule has 0 saturated carbocycles. The molecule has 4 N–H and O–H groups in total. The minimum absolute atomic E-state index is 0.0101. The molecule has 1 unspecified atom stereocenters. The molecule has 0 spiro atoms. The number of benzene rings is 4. The predicted molar refractivity (Wildman–Crippen MR) is 295 cm³/mol. The molecule has 0 bridgehead atoms. The van der Waals surface area contributed by atoms with E-state index in [1.54, 1.807) is 72.6 Å². The van der Waals surface area contributed by atoms with E-state index in [9.17, 15) is 77.6 Å². The minimum atomic E-state index is -5.08. The van der Waals surface area contributed by atoms with E-state index in [1.807, 2.05) is 13.8 Å². The van der Waals surface area contributed by atoms with E-state index >= 15 is 0 Å². The lowest BCUT2D eigenvalue weighted by Crippen LogP contribution is -2.42. The standard InChI is InChI=1S/C30H32ClF6N3O2.C28H28ClF6N3O3/c1-17(2)10-21(16-41)39-26-14-23(22-8-6-7-9-24(22)31)25(15-38-26)40(5)27(42)28(3,4)18-11-19(29(32,33)34)13-20(12-18)30(35,36)37;1-26(2,16-9-17(27(30,31)32)11-18(10-16)28(33,34)35)25(41)38(4)23-13-36-24(37(3)14-19(40)15-39)12-21(23)20-7-5-6-8-22(20)29/h6-9,11-15,17,21,41H,10,16H2,1-5H3,(H,38,39);5-13,19,39-40H,14-15H2,1-4H3/t21-;/m0./s1. The van der Waals surface area contributed by atoms with E-state index in [0.717, 1.165) is 9.80 Å². The number of likely N-dealkylation sites (N-methyl/N-ethyl adjacent to an activating group) is 3. The first-order chi connectivity index (χ1) is 38.2. The third-order valence-electron chi connectivity index (χ3n) is 13.5. The number of pyridine rings is 2. The molecule has 0 fully saturated rings. The molecule has 0 aliphatic heterocycles. The summed E-state index contributed by atoms with van der Waals surface area (Å²) in [6, 6.07) is 18.5. The number of aromatic nitrogens is 2. The number of carbonyl (C=O) groups is 2. The van der Waals surface area contributed by atoms with E-state index in [-0.39, 0.29) is 48.6 Å². The first-order valence-corrected chi connectivity index (χ1v) is 26.0. The van der Waals surface area contributed by atoms with Crippen LogP contribution >= 0.6 is 23.2 Å². The van der Waals surface area contributed by atoms with Crippen LogP contribution in [0.1, 0.15) is 81.3 Å². The third kappa shape index (κ3) is 16.4. The van der Waals surface area contributed by atoms with Gasteiger partial charge in [0.15, 0.2) is 0 Å². The fraction of sp³-hybridized carbons (Fsp3) is 0.379. The highest BCUT2D eigenvalue weighted by molar-refractivity contribution is 6.34. The lowest BCUT2D eigenvalue weighted by Gasteiger charge is -2.32. The van der Waals surface area contributed by atoms with E-state index in [1.165, 1.54) is 54.2 Å². The van der Waals surface area contributed by atoms with Crippen molar-refractivity contribution in [1.82, 2.24) is 9.97 Å². The maximum Gasteiger partial charge on any atom is 0.416 e. The van der Waals surface area contributed by atoms with Gasteiger partial charge in [0.25, 0.3) is 0 Å². The van der Waals surface area contributed by atoms with Crippen LogP contribution in [-0.2, 0) is 45.1 Å². The van der Waals surface area contributed by atoms with Gasteiger partial charge in [-0.2, -0.15) is 52.7 Å². The normalized spacial score (nSPS) is 13.2. The van der Waals surface area contributed by atoms with E-state index in [4.69, 9.17) is 23.2 Å². The number of anilines is 4. The molecular formula is C58H60Cl2F12N6O5. The summed E-state index contributed by atoms with van der Waals surface area (Å²) in [6.07, 6.45) is -18.0. The molecule has 0 radical (unpaired) electrons. The molecule has 450 valence electrons. The van der Waals surface area contributed by atoms with Gasteiger partial charge in [-0.15, -0.1) is 0 Å². The van der Waals surface area contributed by atoms with Gasteiger partial charge in [0.05, 0.1) is 82.2 Å². The van der Waals surface area contributed by atoms with Gasteiger partial charge in [0.2, 0.25) is 11.8 Å². The molecule has 0 aliphatic rings. The summed E-state index contributed by atoms with van der Waals surface area (Å²) < 4.78 is 162. The maximum absolute atomic E-state index is 13.8. The monoisotopic (exact) mass is 1220 g/mol. The average Bonchev–Trinajstić information content (AvgIpc) is 3.52. The molecule has 6 rings (SSSR count). The van der Waals surface area contributed by atoms with Crippen LogP contribution in [-0.4, -0.2) is 90.1 Å². The number of hydrogen-bond donors (Lipinski definition) is 4. The molecule has 83 heavy (non-hydrogen) atoms. The molecule has 4 aromatic carbocycles. The maximum atomic E-state index is 13.8. The Morgan fingerprint density at radius 1 is 0.542 bits per heavy atom. The SMILES string of the molecule is CC(C)C[C@@H](CO)Nc1cc(-c2ccccc2Cl)c(N(C)C(=O)C(C)(C)c2cc(C(F)(F)F)cc(C(F)(F)F)c2)cn1.CN(CC(O)CO)c1cc(-c2ccccc2Cl)c(N(C)C(=O)C(C)(C)c2cc(C(F)(F)F)cc(C(F)(F)F)c2)cn1. The second-order valence-corrected chi connectivity index (χ2v) is 21.9. The third-order valence-corrected chi connectivity index (χ3v) is 14.2. The Morgan fingerprint density at radius 2 is 0.904 bits per heavy atom. The Labute approximate surface area is 481 Å². The molecule has 11 nitrogen and oxygen atoms in total. The van der Waals surface area contributed by atoms with Crippen molar-refractivity contribution in [3.8, 4) is 22.3 Å². The zero-order chi connectivity index (χ0) is 62.5. The molecule has 0 aliphatic carbocycles. The van der Waals surface area contributed by atoms with E-state index < -0.39 is 93.4 Å². The van der Waals surface area contributed by atoms with Crippen LogP contribution < -0.4 is 20.0 Å². The highest BCUT2D eigenvalue weighted by Gasteiger charge is 2.43. The Hall–Kier alpha value is -6.66. The van der Waals surface area contributed by atoms with Crippen molar-refractivity contribution >= 4 is 58.0 Å². The first-order valence-electron chi connectivity index (χ1n) is 25.3. The highest BCUT2D eigenvalue weighted by atomic mass is 35.5. The van der Waals surface area contributed by atoms with E-state index in [2.05, 4.69) is 15.3 Å². The highest BCUT2D eigenvalue weighted by Crippen LogP contribution is 2.44. The number of carbonyl (C=O) groups excluding carboxylic acids is 2. The summed E-state index contributed by atoms with van der Waals surface area (Å²) in [5.74, 6) is -0.600. The molecule has 0 saturated heterocycles. The number of aliphatic hydroxyl groups excluding tert-OH is 3. The molecular weight excluding hydrogens is 1160 g/mol. The number of halogens is 14. The smallest absolute Gasteiger partial charge is 0.394 e. The molecule has 2 heterocycles. The van der Waals surface area contributed by atoms with Crippen molar-refractivity contribution in [2.75, 3.05) is 60.9 Å². The molecule has 25 heteroatoms. The fourth-order valence-corrected chi connectivity index (χ4v) is 9.33. The number of amides is 2. The van der Waals surface area contributed by atoms with Gasteiger partial charge < -0.3 is 35.3 Å². The Morgan fingerprint density at radius 3 is 1.25 bits per heavy atom. The van der Waals surface area contributed by atoms with Crippen molar-refractivity contribution in [1.29, 1.82) is 0 Å². The molecule has 6 aromatic rings. The predicted octanol–water partition coefficient (Wildman–Crippen LogP) is 14.4. The average molecular weight is 1220 g/mol. The van der Waals surface area contributed by atoms with Gasteiger partial charge in [-0.05, 0) is 112 Å². The first kappa shape index (κ1) is 67.1. The fourth-order valence-electron chi connectivity index (χ4n) is 8.86. The van der Waals surface area contributed by atoms with Crippen molar-refractivity contribution in [2.24, 2.45) is 5.92 Å². The summed E-state index contributed by atoms with van der Waals surface area (Å²) in [4.78, 5) is 40.1. The van der Waals surface area contributed by atoms with Crippen LogP contribution in [0.2, 0.25) is 10.0 Å². The summed E-state index contributed by atoms with van der Waals surface area (Å²) in [5, 5.41) is 32.6. The minimum Gasteiger partial charge on any atom is -0.394 e. The number of aliphatic hydroxyl groups is 3. The van der Waals surface area contributed by atoms with Crippen LogP contribution in [0.3, 0.4) is 0 Å². The number of nitrogens with one attached hydrogen (secondary N) is 1. The van der Waals surface area contributed by atoms with Crippen LogP contribution in [0, 0.1) is 5.92 Å². The second-order valence-electron chi connectivity index (χ2n) is 21.0. The van der Waals surface area contributed by atoms with Crippen LogP contribution in [0.5, 0.6) is 0 Å². The second kappa shape index (κ2) is 26.1. The van der Waals surface area contributed by atoms with Crippen LogP contribution in [0.4, 0.5) is 75.7 Å². The van der Waals surface area contributed by atoms with Crippen molar-refractivity contribution in [2.45, 2.75) is 95.6 Å². The summed E-state index contributed by atoms with van der Waals surface area (Å²) in [5.41, 5.74) is -8.44. The van der Waals surface area contributed by atoms with Gasteiger partial charge >= 0.3 is 24.7 Å². The van der Waals surface area contributed by atoms with Crippen LogP contribution in [0.15, 0.2) is 109 Å². The zero-order valence-corrected chi connectivity index (χ0v) is 47.7. The lowest BCUT2D eigenvalue weighted by molar-refractivity contribution is -0.144. The van der Waals surface area contributed by atoms with Gasteiger partial charge in [0.1, 0.15) is 11.6 Å². The quantitative estimate of drug-likeness (QED) is 0.0657. The largest absolute Gasteiger partial charge is 0.416 e. The number of rotatable bonds is 17. The van der Waals surface area contributed by atoms with Crippen molar-refractivity contribution < 1.29 is 77.6 Å². The van der Waals surface area contributed by atoms with Gasteiger partial charge in [-0.3, -0.25) is 9.59 Å². The molecule has 2 amide bonds. The summed E-state index contributed by atoms with van der Waals surface area (Å²) >= 11 is 12.9. The summed E-state index contributed by atoms with van der Waals surface area (Å²) in [7, 11) is 4.31. The lowest BCUT2D eigenvalue weighted by atomic mass is 9.81. The summed E-state index contributed by atoms with van der Waals surface area (Å²) in [6.45, 7) is 8.37. The Balaban J connectivity index is 0.000000304. The Bertz CT molecular complexity index is 3200. The zero-order valence-electron chi connectivity index (χ0n) is 46.1. The van der Waals surface area contributed by atoms with Gasteiger partial charge in [-0.1, -0.05) is 73.4 Å². The molecule has 2 atom stereocenters. The molecule has 2 aromatic heterocycles. The number of alkyl halides is 12. The van der Waals surface area contributed by atoms with Crippen molar-refractivity contribution in [3.05, 3.63) is 153 Å². The van der Waals surface area contributed by atoms with Crippen LogP contribution in [0.25, 0.3) is 22.3 Å². The topological polar surface area (TPSA) is 142 Å². The van der Waals surface area contributed by atoms with Gasteiger partial charge in [-0.25, -0.2) is 9.97 Å². The van der Waals surface area contributed by atoms with Gasteiger partial charge in [0, 0.05) is 60.0 Å². The van der Waals surface area contributed by atoms with E-state index in [0.29, 0.717) is 74.6 Å². The Kier molecular flexibility index (Phi) is 21.1. The number of nitrogens with zero attached hydrogens (tertiary/aromatic N) is 5. The number of hydrogen-bond acceptors (Lipinski definition) is 9. The van der Waals surface area contributed by atoms with Crippen molar-refractivity contribution in [3.63, 3.8) is 0 Å².